The van der Waals surface area contributed by atoms with Crippen LogP contribution >= 0.6 is 0 Å². The maximum atomic E-state index is 2.82. The Labute approximate surface area is 858 Å². The van der Waals surface area contributed by atoms with E-state index >= 15 is 0 Å². The maximum Gasteiger partial charge on any atom is 0.252 e. The molecule has 0 spiro atoms. The molecule has 5 aliphatic heterocycles. The van der Waals surface area contributed by atoms with Crippen LogP contribution in [0.25, 0.3) is 44.5 Å². The molecule has 6 heteroatoms. The van der Waals surface area contributed by atoms with E-state index in [-0.39, 0.29) is 90.2 Å². The van der Waals surface area contributed by atoms with Gasteiger partial charge in [0.05, 0.1) is 11.4 Å². The molecule has 143 heavy (non-hydrogen) atoms. The molecule has 4 bridgehead atoms. The molecule has 0 radical (unpaired) electrons. The summed E-state index contributed by atoms with van der Waals surface area (Å²) in [5.74, 6) is 0.301. The minimum atomic E-state index is -0.327. The summed E-state index contributed by atoms with van der Waals surface area (Å²) in [6, 6.07) is 107. The van der Waals surface area contributed by atoms with Crippen LogP contribution in [0, 0.1) is 0 Å². The van der Waals surface area contributed by atoms with Gasteiger partial charge < -0.3 is 19.6 Å². The van der Waals surface area contributed by atoms with Crippen molar-refractivity contribution in [2.24, 2.45) is 0 Å². The van der Waals surface area contributed by atoms with Gasteiger partial charge in [0.1, 0.15) is 0 Å². The van der Waals surface area contributed by atoms with Crippen LogP contribution in [0.1, 0.15) is 360 Å². The molecule has 14 aromatic carbocycles. The normalized spacial score (nSPS) is 19.5. The van der Waals surface area contributed by atoms with Crippen LogP contribution < -0.4 is 52.4 Å². The Morgan fingerprint density at radius 1 is 0.287 bits per heavy atom. The Bertz CT molecular complexity index is 7610. The standard InChI is InChI=1S/C137H152B2N4/c1-83(2)90-67-119-123-121(68-90)142(114-54-48-92(126(4,5)6)73-110(114)138(123)112-79-106-108(134(23,24)60-58-132(106,19)20)81-117(112)140(119)95-50-52-101-104(75-95)131(17,18)57-56-129(101,13)14)116-78-97(85-40-33-30-34-41-85)103(77-98(116)86-42-35-31-36-43-86)130(15,16)62-64-137(29)65-63-136(27,28)105-76-96(51-53-102(105)137)141-118-82-109-107(133(21,22)59-61-135(109,25)26)80-113(118)139-111-74-93(127(7,8)9)49-55-115(111)143-122-70-91(69-120(141)124(122)139)84(3)88-46-39-47-89(66-88)100-72-94(128(10,11)12)71-99(125(100)143)87-44-37-32-38-45-87/h30-55,66-84H,56-65H2,1-29H3. The molecule has 0 fully saturated rings. The number of hydrogen-bond acceptors (Lipinski definition) is 4. The molecule has 0 aromatic heterocycles. The van der Waals surface area contributed by atoms with Crippen LogP contribution in [0.4, 0.5) is 68.2 Å². The van der Waals surface area contributed by atoms with Gasteiger partial charge in [-0.2, -0.15) is 0 Å². The zero-order valence-electron chi connectivity index (χ0n) is 91.5. The zero-order valence-corrected chi connectivity index (χ0v) is 91.5. The van der Waals surface area contributed by atoms with Crippen LogP contribution in [0.2, 0.25) is 0 Å². The summed E-state index contributed by atoms with van der Waals surface area (Å²) >= 11 is 0. The van der Waals surface area contributed by atoms with Gasteiger partial charge in [0.25, 0.3) is 13.4 Å². The summed E-state index contributed by atoms with van der Waals surface area (Å²) < 4.78 is 0. The molecule has 5 heterocycles. The van der Waals surface area contributed by atoms with E-state index in [9.17, 15) is 0 Å². The lowest BCUT2D eigenvalue weighted by atomic mass is 9.32. The van der Waals surface area contributed by atoms with Crippen molar-refractivity contribution in [3.63, 3.8) is 0 Å². The Morgan fingerprint density at radius 2 is 0.671 bits per heavy atom. The highest BCUT2D eigenvalue weighted by atomic mass is 15.2. The van der Waals surface area contributed by atoms with Crippen molar-refractivity contribution >= 4 is 114 Å². The number of benzene rings is 14. The molecule has 0 saturated carbocycles. The van der Waals surface area contributed by atoms with E-state index in [4.69, 9.17) is 0 Å². The Kier molecular flexibility index (Phi) is 21.4. The minimum absolute atomic E-state index is 0.00460. The van der Waals surface area contributed by atoms with Crippen LogP contribution in [-0.4, -0.2) is 13.4 Å². The van der Waals surface area contributed by atoms with Crippen LogP contribution in [0.3, 0.4) is 0 Å². The van der Waals surface area contributed by atoms with Crippen molar-refractivity contribution in [1.82, 2.24) is 0 Å². The summed E-state index contributed by atoms with van der Waals surface area (Å²) in [4.78, 5) is 11.2. The van der Waals surface area contributed by atoms with Crippen molar-refractivity contribution in [2.45, 2.75) is 342 Å². The molecule has 726 valence electrons. The molecule has 2 atom stereocenters. The minimum Gasteiger partial charge on any atom is -0.311 e. The first-order chi connectivity index (χ1) is 67.3. The van der Waals surface area contributed by atoms with E-state index in [1.165, 1.54) is 235 Å². The molecular formula is C137H152B2N4. The van der Waals surface area contributed by atoms with Gasteiger partial charge in [-0.05, 0) is 376 Å². The van der Waals surface area contributed by atoms with Crippen molar-refractivity contribution in [3.05, 3.63) is 344 Å². The average molecular weight is 1880 g/mol. The smallest absolute Gasteiger partial charge is 0.252 e. The second kappa shape index (κ2) is 32.2. The van der Waals surface area contributed by atoms with Gasteiger partial charge in [0, 0.05) is 79.5 Å². The van der Waals surface area contributed by atoms with E-state index in [0.29, 0.717) is 0 Å². The third kappa shape index (κ3) is 15.1. The van der Waals surface area contributed by atoms with Crippen LogP contribution in [-0.2, 0) is 65.0 Å². The van der Waals surface area contributed by atoms with Gasteiger partial charge in [0.15, 0.2) is 0 Å². The zero-order chi connectivity index (χ0) is 101. The Morgan fingerprint density at radius 3 is 1.15 bits per heavy atom. The first kappa shape index (κ1) is 95.0. The summed E-state index contributed by atoms with van der Waals surface area (Å²) in [7, 11) is 0. The second-order valence-corrected chi connectivity index (χ2v) is 54.4. The molecule has 0 N–H and O–H groups in total. The van der Waals surface area contributed by atoms with Crippen molar-refractivity contribution in [2.75, 3.05) is 19.6 Å². The summed E-state index contributed by atoms with van der Waals surface area (Å²) in [6.07, 6.45) is 11.0. The van der Waals surface area contributed by atoms with E-state index in [1.54, 1.807) is 0 Å². The topological polar surface area (TPSA) is 13.0 Å². The Hall–Kier alpha value is -11.6. The molecule has 4 nitrogen and oxygen atoms in total. The van der Waals surface area contributed by atoms with E-state index < -0.39 is 0 Å². The second-order valence-electron chi connectivity index (χ2n) is 54.4. The summed E-state index contributed by atoms with van der Waals surface area (Å²) in [5, 5.41) is 0. The summed E-state index contributed by atoms with van der Waals surface area (Å²) in [5.41, 5.74) is 53.9. The lowest BCUT2D eigenvalue weighted by Gasteiger charge is -2.49. The number of anilines is 12. The highest BCUT2D eigenvalue weighted by molar-refractivity contribution is 7.01. The third-order valence-corrected chi connectivity index (χ3v) is 37.6. The van der Waals surface area contributed by atoms with Gasteiger partial charge in [-0.3, -0.25) is 0 Å². The largest absolute Gasteiger partial charge is 0.311 e. The Balaban J connectivity index is 0.705. The van der Waals surface area contributed by atoms with Gasteiger partial charge >= 0.3 is 0 Å². The number of fused-ring (bicyclic) bond motifs is 19. The fourth-order valence-electron chi connectivity index (χ4n) is 27.6. The average Bonchev–Trinajstić information content (AvgIpc) is 0.686. The third-order valence-electron chi connectivity index (χ3n) is 37.6. The number of hydrogen-bond donors (Lipinski definition) is 0. The first-order valence-electron chi connectivity index (χ1n) is 54.5. The fourth-order valence-corrected chi connectivity index (χ4v) is 27.6. The van der Waals surface area contributed by atoms with Gasteiger partial charge in [0.2, 0.25) is 0 Å². The maximum absolute atomic E-state index is 2.82. The summed E-state index contributed by atoms with van der Waals surface area (Å²) in [6.45, 7) is 72.1. The SMILES string of the molecule is CC(C)c1cc2c3c(c1)N(c1cc(-c4ccccc4)c(C(C)(C)CCC4(C)CCC(C)(C)c5cc(N6c7cc8c(cc7B7c9cc(C(C)(C)C)ccc9N9c%10cc(cc6c%107)C(C)c6cccc(c6)-c6cc(C(C)(C)C)cc(-c7ccccc7)c69)C(C)(C)CCC8(C)C)ccc54)cc1-c1ccccc1)c1ccc(C(C)(C)C)cc1B3c1cc3c(cc1N2c1ccc2c(c1)C(C)(C)CCC2(C)C)C(C)(C)CCC3(C)C. The van der Waals surface area contributed by atoms with Gasteiger partial charge in [-0.1, -0.05) is 365 Å². The molecule has 9 aliphatic rings. The molecule has 2 unspecified atom stereocenters. The predicted molar refractivity (Wildman–Crippen MR) is 618 cm³/mol. The highest BCUT2D eigenvalue weighted by Gasteiger charge is 2.54. The van der Waals surface area contributed by atoms with Crippen LogP contribution in [0.5, 0.6) is 0 Å². The van der Waals surface area contributed by atoms with Crippen LogP contribution in [0.15, 0.2) is 261 Å². The monoisotopic (exact) mass is 1880 g/mol. The molecule has 14 aromatic rings. The number of rotatable bonds is 11. The molecule has 0 amide bonds. The highest BCUT2D eigenvalue weighted by Crippen LogP contribution is 2.62. The lowest BCUT2D eigenvalue weighted by molar-refractivity contribution is 0.272. The quantitative estimate of drug-likeness (QED) is 0.120. The molecular weight excluding hydrogens is 1720 g/mol. The predicted octanol–water partition coefficient (Wildman–Crippen LogP) is 34.1. The molecule has 23 rings (SSSR count). The van der Waals surface area contributed by atoms with E-state index in [0.717, 1.165) is 57.8 Å². The molecule has 0 saturated heterocycles. The van der Waals surface area contributed by atoms with Gasteiger partial charge in [-0.15, -0.1) is 0 Å². The van der Waals surface area contributed by atoms with Crippen molar-refractivity contribution in [3.8, 4) is 44.5 Å². The van der Waals surface area contributed by atoms with E-state index in [1.807, 2.05) is 0 Å². The van der Waals surface area contributed by atoms with E-state index in [2.05, 4.69) is 481 Å². The lowest BCUT2D eigenvalue weighted by Crippen LogP contribution is -2.62. The first-order valence-corrected chi connectivity index (χ1v) is 54.5. The van der Waals surface area contributed by atoms with Crippen molar-refractivity contribution in [1.29, 1.82) is 0 Å². The van der Waals surface area contributed by atoms with Gasteiger partial charge in [-0.25, -0.2) is 0 Å². The van der Waals surface area contributed by atoms with Crippen molar-refractivity contribution < 1.29 is 0 Å². The fraction of sp³-hybridized carbons (Fsp3) is 0.387. The molecule has 4 aliphatic carbocycles. The number of nitrogens with zero attached hydrogens (tertiary/aromatic N) is 4.